The van der Waals surface area contributed by atoms with Crippen molar-refractivity contribution in [3.63, 3.8) is 0 Å². The van der Waals surface area contributed by atoms with Gasteiger partial charge in [-0.25, -0.2) is 0 Å². The highest BCUT2D eigenvalue weighted by Crippen LogP contribution is 2.49. The van der Waals surface area contributed by atoms with Crippen LogP contribution < -0.4 is 0 Å². The fourth-order valence-electron chi connectivity index (χ4n) is 20.2. The maximum atomic E-state index is 4.11. The van der Waals surface area contributed by atoms with E-state index in [4.69, 9.17) is 0 Å². The van der Waals surface area contributed by atoms with Crippen LogP contribution in [-0.2, 0) is 39.3 Å². The maximum absolute atomic E-state index is 4.11. The summed E-state index contributed by atoms with van der Waals surface area (Å²) in [6.45, 7) is 80.2. The summed E-state index contributed by atoms with van der Waals surface area (Å²) in [7, 11) is 4.26. The summed E-state index contributed by atoms with van der Waals surface area (Å²) < 4.78 is 25.6. The van der Waals surface area contributed by atoms with E-state index in [1.54, 1.807) is 0 Å². The number of allylic oxidation sites excluding steroid dienone is 12. The first-order valence-corrected chi connectivity index (χ1v) is 52.8. The third-order valence-electron chi connectivity index (χ3n) is 26.6. The number of hydrogen-bond donors (Lipinski definition) is 0. The molecule has 134 heavy (non-hydrogen) atoms. The highest BCUT2D eigenvalue weighted by Gasteiger charge is 2.25. The van der Waals surface area contributed by atoms with Gasteiger partial charge in [-0.05, 0) is 324 Å². The lowest BCUT2D eigenvalue weighted by Gasteiger charge is -2.21. The lowest BCUT2D eigenvalue weighted by molar-refractivity contribution is 0.457. The van der Waals surface area contributed by atoms with Crippen LogP contribution in [-0.4, -0.2) is 64.4 Å². The molecule has 0 aliphatic rings. The SMILES string of the molecule is C/C=C\C(=C(/C)c1ccc2c(c1)sc1cc3c(cc12)c(C)c(/C=C\C)n3CC)N(C)CC.C/C=C\c1c(C)c2cc3c(cc2n1CC)sc1c3ccc2c1c(C)c(/C=C\C)n2CC.C/C=C\c1c(C)n(CC)c2ccc3sc4cc5c(cc4c3c12)c(C)c(/C=C\C)n5CC.C=C/C(=C(\C=C)N(C)CC)c1ccc2sc3cc4c(cc3c2c1)c(C)c(/C=C\C)n4CC.CC.CC.CC.CC. The summed E-state index contributed by atoms with van der Waals surface area (Å²) in [5.74, 6) is 0. The molecule has 8 aromatic carbocycles. The fourth-order valence-corrected chi connectivity index (χ4v) is 24.9. The van der Waals surface area contributed by atoms with Crippen molar-refractivity contribution in [2.45, 2.75) is 247 Å². The lowest BCUT2D eigenvalue weighted by atomic mass is 9.99. The molecule has 0 atom stereocenters. The molecule has 0 saturated heterocycles. The monoisotopic (exact) mass is 1860 g/mol. The Morgan fingerprint density at radius 3 is 1.09 bits per heavy atom. The second kappa shape index (κ2) is 45.8. The van der Waals surface area contributed by atoms with E-state index in [1.165, 1.54) is 236 Å². The van der Waals surface area contributed by atoms with E-state index in [-0.39, 0.29) is 0 Å². The minimum Gasteiger partial charge on any atom is -0.375 e. The van der Waals surface area contributed by atoms with E-state index in [0.717, 1.165) is 63.6 Å². The Morgan fingerprint density at radius 2 is 0.657 bits per heavy atom. The number of hydrogen-bond acceptors (Lipinski definition) is 6. The summed E-state index contributed by atoms with van der Waals surface area (Å²) in [5.41, 5.74) is 31.6. The first-order chi connectivity index (χ1) is 65.0. The zero-order valence-corrected chi connectivity index (χ0v) is 90.2. The molecular formula is C122H150N8S4. The van der Waals surface area contributed by atoms with Crippen LogP contribution in [0.5, 0.6) is 0 Å². The number of likely N-dealkylation sites (N-methyl/N-ethyl adjacent to an activating group) is 2. The summed E-state index contributed by atoms with van der Waals surface area (Å²) in [4.78, 5) is 4.52. The zero-order chi connectivity index (χ0) is 97.7. The molecule has 0 aliphatic heterocycles. The number of fused-ring (bicyclic) bond motifs is 20. The van der Waals surface area contributed by atoms with Crippen LogP contribution in [0.25, 0.3) is 194 Å². The lowest BCUT2D eigenvalue weighted by Crippen LogP contribution is -2.16. The van der Waals surface area contributed by atoms with E-state index >= 15 is 0 Å². The van der Waals surface area contributed by atoms with E-state index in [2.05, 4.69) is 411 Å². The minimum atomic E-state index is 0.919. The van der Waals surface area contributed by atoms with Crippen LogP contribution in [0.2, 0.25) is 0 Å². The van der Waals surface area contributed by atoms with Gasteiger partial charge in [0.15, 0.2) is 0 Å². The Bertz CT molecular complexity index is 7670. The predicted octanol–water partition coefficient (Wildman–Crippen LogP) is 38.5. The van der Waals surface area contributed by atoms with Crippen molar-refractivity contribution in [1.29, 1.82) is 0 Å². The second-order valence-corrected chi connectivity index (χ2v) is 37.5. The summed E-state index contributed by atoms with van der Waals surface area (Å²) in [5, 5.41) is 19.2. The van der Waals surface area contributed by atoms with Crippen LogP contribution >= 0.6 is 45.3 Å². The topological polar surface area (TPSA) is 36.1 Å². The van der Waals surface area contributed by atoms with Crippen LogP contribution in [0.1, 0.15) is 245 Å². The van der Waals surface area contributed by atoms with E-state index in [1.807, 2.05) is 113 Å². The molecule has 0 saturated carbocycles. The maximum Gasteiger partial charge on any atom is 0.0502 e. The molecule has 0 spiro atoms. The molecule has 0 N–H and O–H groups in total. The molecular weight excluding hydrogens is 1710 g/mol. The van der Waals surface area contributed by atoms with Gasteiger partial charge in [0, 0.05) is 242 Å². The normalized spacial score (nSPS) is 12.4. The third kappa shape index (κ3) is 18.5. The Morgan fingerprint density at radius 1 is 0.306 bits per heavy atom. The summed E-state index contributed by atoms with van der Waals surface area (Å²) in [6, 6.07) is 42.4. The van der Waals surface area contributed by atoms with Crippen molar-refractivity contribution in [1.82, 2.24) is 37.2 Å². The Balaban J connectivity index is 0.000000168. The Labute approximate surface area is 817 Å². The van der Waals surface area contributed by atoms with Gasteiger partial charge in [-0.15, -0.1) is 45.3 Å². The molecule has 0 bridgehead atoms. The van der Waals surface area contributed by atoms with Crippen molar-refractivity contribution in [2.75, 3.05) is 27.2 Å². The third-order valence-corrected chi connectivity index (χ3v) is 31.1. The van der Waals surface area contributed by atoms with Crippen molar-refractivity contribution in [3.05, 3.63) is 273 Å². The molecule has 0 unspecified atom stereocenters. The van der Waals surface area contributed by atoms with Crippen molar-refractivity contribution >= 4 is 239 Å². The minimum absolute atomic E-state index is 0.919. The molecule has 18 rings (SSSR count). The van der Waals surface area contributed by atoms with Crippen molar-refractivity contribution in [2.24, 2.45) is 0 Å². The molecule has 12 heteroatoms. The van der Waals surface area contributed by atoms with Gasteiger partial charge in [0.05, 0.1) is 27.6 Å². The van der Waals surface area contributed by atoms with Crippen molar-refractivity contribution in [3.8, 4) is 0 Å². The molecule has 10 aromatic heterocycles. The van der Waals surface area contributed by atoms with Gasteiger partial charge in [0.1, 0.15) is 0 Å². The van der Waals surface area contributed by atoms with Gasteiger partial charge in [-0.3, -0.25) is 0 Å². The standard InChI is InChI=1S/C29H34N2S.C29H32N2S.2C28H30N2S.4C2H6/c1-8-12-25(30(7)10-3)19(5)21-14-15-22-24-17-23-20(6)26(13-9-2)31(11-4)27(23)18-29(24)32-28(22)16-21;1-8-13-26-19(6)22-17-24-23-16-20(21(9-2)25(10-3)30(7)11-4)14-15-28(23)32-29(24)18-27(22)31(26)12-5;1-7-11-22-17(5)20-15-21-19-13-14-24-27(18(6)23(12-8-2)29(24)9-3)28(19)31-26(21)16-25(20)30(22)10-4;1-7-11-19-18(6)29(9-3)23-13-14-25-28(27(19)23)21-15-20-17(5)22(12-8-2)30(10-4)24(20)16-26(21)31-25;4*1-2/h8-9,12-18H,10-11H2,1-7H3;8-10,13-18H,2-3,11-12H2,1,4-7H3;2*7-8,11-16H,9-10H2,1-6H3;4*1-2H3/b12-8-,13-9-,25-19-;13-8-,25-21-;2*11-7-,12-8-;;;;. The molecule has 0 fully saturated rings. The number of thiophene rings is 4. The predicted molar refractivity (Wildman–Crippen MR) is 618 cm³/mol. The van der Waals surface area contributed by atoms with Gasteiger partial charge >= 0.3 is 0 Å². The van der Waals surface area contributed by atoms with Crippen molar-refractivity contribution < 1.29 is 0 Å². The summed E-state index contributed by atoms with van der Waals surface area (Å²) in [6.07, 6.45) is 34.6. The first-order valence-electron chi connectivity index (χ1n) is 49.6. The molecule has 0 radical (unpaired) electrons. The average molecular weight is 1860 g/mol. The highest BCUT2D eigenvalue weighted by molar-refractivity contribution is 7.27. The van der Waals surface area contributed by atoms with E-state index in [9.17, 15) is 0 Å². The number of rotatable bonds is 21. The van der Waals surface area contributed by atoms with Gasteiger partial charge in [-0.2, -0.15) is 0 Å². The first kappa shape index (κ1) is 103. The second-order valence-electron chi connectivity index (χ2n) is 33.2. The molecule has 0 aliphatic carbocycles. The fraction of sp³-hybridized carbons (Fsp3) is 0.328. The smallest absolute Gasteiger partial charge is 0.0502 e. The number of nitrogens with zero attached hydrogens (tertiary/aromatic N) is 8. The van der Waals surface area contributed by atoms with Gasteiger partial charge in [0.2, 0.25) is 0 Å². The molecule has 10 heterocycles. The largest absolute Gasteiger partial charge is 0.375 e. The van der Waals surface area contributed by atoms with Crippen LogP contribution in [0.4, 0.5) is 0 Å². The van der Waals surface area contributed by atoms with Crippen LogP contribution in [0.3, 0.4) is 0 Å². The number of benzene rings is 8. The van der Waals surface area contributed by atoms with E-state index < -0.39 is 0 Å². The number of aryl methyl sites for hydroxylation is 11. The molecule has 702 valence electrons. The number of aromatic nitrogens is 6. The van der Waals surface area contributed by atoms with Crippen LogP contribution in [0.15, 0.2) is 195 Å². The molecule has 18 aromatic rings. The van der Waals surface area contributed by atoms with Gasteiger partial charge in [0.25, 0.3) is 0 Å². The van der Waals surface area contributed by atoms with Crippen LogP contribution in [0, 0.1) is 41.5 Å². The Hall–Kier alpha value is -11.4. The van der Waals surface area contributed by atoms with Gasteiger partial charge < -0.3 is 37.2 Å². The van der Waals surface area contributed by atoms with Gasteiger partial charge in [-0.1, -0.05) is 147 Å². The average Bonchev–Trinajstić information content (AvgIpc) is 1.58. The summed E-state index contributed by atoms with van der Waals surface area (Å²) >= 11 is 7.66. The molecule has 0 amide bonds. The highest BCUT2D eigenvalue weighted by atomic mass is 32.1. The zero-order valence-electron chi connectivity index (χ0n) is 86.9. The van der Waals surface area contributed by atoms with E-state index in [0.29, 0.717) is 0 Å². The molecule has 8 nitrogen and oxygen atoms in total. The quantitative estimate of drug-likeness (QED) is 0.0672. The Kier molecular flexibility index (Phi) is 35.2.